The zero-order chi connectivity index (χ0) is 20.1. The third-order valence-corrected chi connectivity index (χ3v) is 6.71. The predicted octanol–water partition coefficient (Wildman–Crippen LogP) is 4.48. The summed E-state index contributed by atoms with van der Waals surface area (Å²) in [5.74, 6) is 0.586. The summed E-state index contributed by atoms with van der Waals surface area (Å²) in [5.41, 5.74) is 2.71. The van der Waals surface area contributed by atoms with Crippen LogP contribution in [0.25, 0.3) is 0 Å². The Morgan fingerprint density at radius 2 is 1.90 bits per heavy atom. The van der Waals surface area contributed by atoms with Crippen LogP contribution in [0.5, 0.6) is 0 Å². The minimum absolute atomic E-state index is 0.115. The summed E-state index contributed by atoms with van der Waals surface area (Å²) >= 11 is 2.84. The van der Waals surface area contributed by atoms with Gasteiger partial charge in [0.1, 0.15) is 0 Å². The van der Waals surface area contributed by atoms with Crippen LogP contribution in [-0.2, 0) is 17.6 Å². The summed E-state index contributed by atoms with van der Waals surface area (Å²) in [5, 5.41) is 8.85. The molecule has 1 aliphatic rings. The highest BCUT2D eigenvalue weighted by atomic mass is 32.1. The van der Waals surface area contributed by atoms with Gasteiger partial charge in [-0.2, -0.15) is 11.3 Å². The molecule has 150 valence electrons. The van der Waals surface area contributed by atoms with E-state index in [9.17, 15) is 9.59 Å². The molecule has 0 unspecified atom stereocenters. The van der Waals surface area contributed by atoms with E-state index in [1.807, 2.05) is 21.7 Å². The Balaban J connectivity index is 1.25. The molecule has 2 aromatic heterocycles. The predicted molar refractivity (Wildman–Crippen MR) is 118 cm³/mol. The van der Waals surface area contributed by atoms with Gasteiger partial charge in [-0.25, -0.2) is 4.98 Å². The smallest absolute Gasteiger partial charge is 0.258 e. The Kier molecular flexibility index (Phi) is 6.36. The zero-order valence-electron chi connectivity index (χ0n) is 16.0. The first-order chi connectivity index (χ1) is 14.2. The Bertz CT molecular complexity index is 946. The lowest BCUT2D eigenvalue weighted by molar-refractivity contribution is -0.131. The topological polar surface area (TPSA) is 62.3 Å². The monoisotopic (exact) mass is 425 g/mol. The van der Waals surface area contributed by atoms with E-state index < -0.39 is 0 Å². The Morgan fingerprint density at radius 1 is 1.10 bits per heavy atom. The number of benzene rings is 1. The van der Waals surface area contributed by atoms with Crippen molar-refractivity contribution in [2.24, 2.45) is 5.92 Å². The fourth-order valence-corrected chi connectivity index (χ4v) is 4.95. The van der Waals surface area contributed by atoms with E-state index in [4.69, 9.17) is 0 Å². The van der Waals surface area contributed by atoms with Crippen molar-refractivity contribution in [2.75, 3.05) is 18.4 Å². The number of thiophene rings is 1. The fraction of sp³-hybridized carbons (Fsp3) is 0.318. The van der Waals surface area contributed by atoms with Gasteiger partial charge < -0.3 is 4.90 Å². The summed E-state index contributed by atoms with van der Waals surface area (Å²) < 4.78 is 0. The minimum atomic E-state index is -0.168. The molecule has 1 N–H and O–H groups in total. The number of carbonyl (C=O) groups excluding carboxylic acids is 2. The molecule has 0 atom stereocenters. The number of thiazole rings is 1. The highest BCUT2D eigenvalue weighted by molar-refractivity contribution is 7.14. The highest BCUT2D eigenvalue weighted by Crippen LogP contribution is 2.23. The van der Waals surface area contributed by atoms with E-state index in [-0.39, 0.29) is 18.2 Å². The molecule has 1 saturated heterocycles. The number of piperidine rings is 1. The van der Waals surface area contributed by atoms with Crippen LogP contribution in [0.2, 0.25) is 0 Å². The number of hydrogen-bond donors (Lipinski definition) is 1. The van der Waals surface area contributed by atoms with Crippen LogP contribution in [0.4, 0.5) is 5.13 Å². The van der Waals surface area contributed by atoms with Crippen LogP contribution < -0.4 is 5.32 Å². The van der Waals surface area contributed by atoms with E-state index in [1.165, 1.54) is 28.2 Å². The molecule has 7 heteroatoms. The van der Waals surface area contributed by atoms with Gasteiger partial charge >= 0.3 is 0 Å². The molecule has 29 heavy (non-hydrogen) atoms. The van der Waals surface area contributed by atoms with Crippen molar-refractivity contribution in [2.45, 2.75) is 25.7 Å². The lowest BCUT2D eigenvalue weighted by atomic mass is 9.90. The maximum Gasteiger partial charge on any atom is 0.258 e. The molecule has 4 rings (SSSR count). The molecule has 5 nitrogen and oxygen atoms in total. The maximum atomic E-state index is 12.7. The van der Waals surface area contributed by atoms with E-state index in [0.717, 1.165) is 32.4 Å². The highest BCUT2D eigenvalue weighted by Gasteiger charge is 2.23. The third kappa shape index (κ3) is 5.31. The molecule has 0 spiro atoms. The molecule has 1 aliphatic heterocycles. The summed E-state index contributed by atoms with van der Waals surface area (Å²) in [4.78, 5) is 31.1. The maximum absolute atomic E-state index is 12.7. The van der Waals surface area contributed by atoms with Crippen LogP contribution in [0.1, 0.15) is 34.5 Å². The van der Waals surface area contributed by atoms with Crippen molar-refractivity contribution >= 4 is 39.6 Å². The van der Waals surface area contributed by atoms with Gasteiger partial charge in [0.15, 0.2) is 5.13 Å². The number of likely N-dealkylation sites (tertiary alicyclic amines) is 1. The summed E-state index contributed by atoms with van der Waals surface area (Å²) in [6.45, 7) is 1.62. The molecular formula is C22H23N3O2S2. The number of amides is 2. The van der Waals surface area contributed by atoms with Crippen LogP contribution in [0, 0.1) is 5.92 Å². The molecular weight excluding hydrogens is 402 g/mol. The number of nitrogens with zero attached hydrogens (tertiary/aromatic N) is 2. The number of anilines is 1. The van der Waals surface area contributed by atoms with E-state index in [0.29, 0.717) is 22.3 Å². The van der Waals surface area contributed by atoms with Gasteiger partial charge in [-0.05, 0) is 42.2 Å². The molecule has 1 fully saturated rings. The summed E-state index contributed by atoms with van der Waals surface area (Å²) in [6.07, 6.45) is 3.45. The van der Waals surface area contributed by atoms with Gasteiger partial charge in [-0.1, -0.05) is 30.3 Å². The summed E-state index contributed by atoms with van der Waals surface area (Å²) in [6, 6.07) is 12.3. The van der Waals surface area contributed by atoms with Gasteiger partial charge in [0.25, 0.3) is 5.91 Å². The van der Waals surface area contributed by atoms with Crippen molar-refractivity contribution in [1.29, 1.82) is 0 Å². The van der Waals surface area contributed by atoms with Crippen LogP contribution in [0.3, 0.4) is 0 Å². The summed E-state index contributed by atoms with van der Waals surface area (Å²) in [7, 11) is 0. The first-order valence-corrected chi connectivity index (χ1v) is 11.6. The molecule has 1 aromatic carbocycles. The van der Waals surface area contributed by atoms with Crippen molar-refractivity contribution in [3.63, 3.8) is 0 Å². The van der Waals surface area contributed by atoms with Crippen LogP contribution >= 0.6 is 22.7 Å². The number of nitrogens with one attached hydrogen (secondary N) is 1. The molecule has 0 radical (unpaired) electrons. The SMILES string of the molecule is O=C(Nc1nc(CC(=O)N2CCC(Cc3ccccc3)CC2)cs1)c1ccsc1. The minimum Gasteiger partial charge on any atom is -0.342 e. The van der Waals surface area contributed by atoms with E-state index >= 15 is 0 Å². The van der Waals surface area contributed by atoms with Gasteiger partial charge in [-0.15, -0.1) is 11.3 Å². The van der Waals surface area contributed by atoms with Gasteiger partial charge in [0.05, 0.1) is 17.7 Å². The molecule has 0 bridgehead atoms. The van der Waals surface area contributed by atoms with Crippen molar-refractivity contribution in [3.05, 3.63) is 69.4 Å². The Hall–Kier alpha value is -2.51. The normalized spacial score (nSPS) is 14.7. The molecule has 3 heterocycles. The van der Waals surface area contributed by atoms with Crippen LogP contribution in [0.15, 0.2) is 52.5 Å². The van der Waals surface area contributed by atoms with Crippen molar-refractivity contribution < 1.29 is 9.59 Å². The second-order valence-corrected chi connectivity index (χ2v) is 8.94. The number of aromatic nitrogens is 1. The Morgan fingerprint density at radius 3 is 2.62 bits per heavy atom. The van der Waals surface area contributed by atoms with Crippen LogP contribution in [-0.4, -0.2) is 34.8 Å². The molecule has 3 aromatic rings. The van der Waals surface area contributed by atoms with Gasteiger partial charge in [-0.3, -0.25) is 14.9 Å². The first-order valence-electron chi connectivity index (χ1n) is 9.77. The fourth-order valence-electron chi connectivity index (χ4n) is 3.61. The van der Waals surface area contributed by atoms with Crippen molar-refractivity contribution in [3.8, 4) is 0 Å². The van der Waals surface area contributed by atoms with Crippen molar-refractivity contribution in [1.82, 2.24) is 9.88 Å². The lowest BCUT2D eigenvalue weighted by Crippen LogP contribution is -2.39. The largest absolute Gasteiger partial charge is 0.342 e. The lowest BCUT2D eigenvalue weighted by Gasteiger charge is -2.32. The second-order valence-electron chi connectivity index (χ2n) is 7.30. The number of rotatable bonds is 6. The molecule has 0 saturated carbocycles. The van der Waals surface area contributed by atoms with Gasteiger partial charge in [0.2, 0.25) is 5.91 Å². The molecule has 0 aliphatic carbocycles. The quantitative estimate of drug-likeness (QED) is 0.633. The van der Waals surface area contributed by atoms with E-state index in [2.05, 4.69) is 34.6 Å². The average Bonchev–Trinajstić information content (AvgIpc) is 3.42. The zero-order valence-corrected chi connectivity index (χ0v) is 17.7. The Labute approximate surface area is 178 Å². The van der Waals surface area contributed by atoms with Gasteiger partial charge in [0, 0.05) is 23.8 Å². The van der Waals surface area contributed by atoms with E-state index in [1.54, 1.807) is 11.4 Å². The average molecular weight is 426 g/mol. The molecule has 2 amide bonds. The number of hydrogen-bond acceptors (Lipinski definition) is 5. The standard InChI is InChI=1S/C22H23N3O2S2/c26-20(25-9-6-17(7-10-25)12-16-4-2-1-3-5-16)13-19-15-29-22(23-19)24-21(27)18-8-11-28-14-18/h1-5,8,11,14-15,17H,6-7,9-10,12-13H2,(H,23,24,27). The number of carbonyl (C=O) groups is 2. The first kappa shape index (κ1) is 19.8. The third-order valence-electron chi connectivity index (χ3n) is 5.22. The second kappa shape index (κ2) is 9.33.